The van der Waals surface area contributed by atoms with E-state index in [9.17, 15) is 9.70 Å². The summed E-state index contributed by atoms with van der Waals surface area (Å²) in [5.74, 6) is -0.131. The third-order valence-corrected chi connectivity index (χ3v) is 6.49. The minimum atomic E-state index is -0.536. The largest absolute Gasteiger partial charge is 0.402 e. The highest BCUT2D eigenvalue weighted by Gasteiger charge is 2.28. The third kappa shape index (κ3) is 4.45. The Kier molecular flexibility index (Phi) is 6.32. The molecule has 2 aliphatic carbocycles. The number of hydrogen-bond donors (Lipinski definition) is 2. The van der Waals surface area contributed by atoms with Gasteiger partial charge in [0.15, 0.2) is 0 Å². The Hall–Kier alpha value is -1.86. The fraction of sp³-hybridized carbons (Fsp3) is 0.526. The molecule has 140 valence electrons. The van der Waals surface area contributed by atoms with E-state index in [-0.39, 0.29) is 11.2 Å². The zero-order chi connectivity index (χ0) is 18.5. The summed E-state index contributed by atoms with van der Waals surface area (Å²) in [5, 5.41) is 6.14. The lowest BCUT2D eigenvalue weighted by molar-refractivity contribution is -0.117. The predicted molar refractivity (Wildman–Crippen MR) is 106 cm³/mol. The van der Waals surface area contributed by atoms with Crippen LogP contribution in [0.2, 0.25) is 0 Å². The van der Waals surface area contributed by atoms with Crippen molar-refractivity contribution >= 4 is 17.7 Å². The number of likely N-dealkylation sites (N-methyl/N-ethyl adjacent to an activating group) is 1. The molecular formula is C19H26N4O2S. The van der Waals surface area contributed by atoms with Gasteiger partial charge in [0.05, 0.1) is 5.25 Å². The molecule has 3 N–H and O–H groups in total. The highest BCUT2D eigenvalue weighted by Crippen LogP contribution is 2.34. The van der Waals surface area contributed by atoms with Gasteiger partial charge in [-0.05, 0) is 42.9 Å². The first-order chi connectivity index (χ1) is 12.6. The fourth-order valence-corrected chi connectivity index (χ4v) is 4.50. The normalized spacial score (nSPS) is 28.5. The first kappa shape index (κ1) is 18.9. The van der Waals surface area contributed by atoms with Crippen molar-refractivity contribution in [3.63, 3.8) is 0 Å². The van der Waals surface area contributed by atoms with Gasteiger partial charge in [-0.2, -0.15) is 4.91 Å². The Morgan fingerprint density at radius 3 is 2.88 bits per heavy atom. The molecule has 1 amide bonds. The maximum atomic E-state index is 12.4. The molecule has 0 aromatic carbocycles. The van der Waals surface area contributed by atoms with Gasteiger partial charge in [0.2, 0.25) is 0 Å². The van der Waals surface area contributed by atoms with Gasteiger partial charge in [-0.1, -0.05) is 30.3 Å². The second-order valence-electron chi connectivity index (χ2n) is 6.82. The van der Waals surface area contributed by atoms with Crippen molar-refractivity contribution in [2.45, 2.75) is 43.5 Å². The lowest BCUT2D eigenvalue weighted by Gasteiger charge is -2.40. The van der Waals surface area contributed by atoms with Gasteiger partial charge in [0.1, 0.15) is 6.04 Å². The molecule has 0 bridgehead atoms. The molecule has 3 aliphatic rings. The summed E-state index contributed by atoms with van der Waals surface area (Å²) in [6.45, 7) is 4.89. The number of thioether (sulfide) groups is 1. The van der Waals surface area contributed by atoms with Gasteiger partial charge in [0.25, 0.3) is 5.91 Å². The second kappa shape index (κ2) is 8.68. The number of likely N-dealkylation sites (tertiary alicyclic amines) is 1. The maximum Gasteiger partial charge on any atom is 0.251 e. The minimum absolute atomic E-state index is 0.0785. The van der Waals surface area contributed by atoms with Crippen LogP contribution in [0.4, 0.5) is 0 Å². The maximum absolute atomic E-state index is 12.4. The van der Waals surface area contributed by atoms with Gasteiger partial charge in [0, 0.05) is 30.4 Å². The monoisotopic (exact) mass is 374 g/mol. The van der Waals surface area contributed by atoms with Crippen molar-refractivity contribution < 1.29 is 4.79 Å². The standard InChI is InChI=1S/C19H26N4O2S/c1-2-23-10-9-15(23)12-21-19(24)13-3-8-18(17(11-13)22-25)26-16-6-4-14(20)5-7-16/h3-4,6,8,11,15,17-18H,2,5,7,9-10,12,20H2,1H3,(H,21,24)/t15-,17?,18?/m1/s1. The molecular weight excluding hydrogens is 348 g/mol. The SMILES string of the molecule is CCN1CC[C@@H]1CNC(=O)C1=CC(N=O)C(SC2=CC=C(N)CC2)C=C1. The topological polar surface area (TPSA) is 87.8 Å². The highest BCUT2D eigenvalue weighted by molar-refractivity contribution is 8.03. The summed E-state index contributed by atoms with van der Waals surface area (Å²) in [6, 6.07) is -0.107. The smallest absolute Gasteiger partial charge is 0.251 e. The number of amides is 1. The van der Waals surface area contributed by atoms with Crippen molar-refractivity contribution in [2.24, 2.45) is 10.9 Å². The predicted octanol–water partition coefficient (Wildman–Crippen LogP) is 2.45. The first-order valence-corrected chi connectivity index (χ1v) is 10.0. The molecule has 0 radical (unpaired) electrons. The van der Waals surface area contributed by atoms with Gasteiger partial charge < -0.3 is 11.1 Å². The molecule has 6 nitrogen and oxygen atoms in total. The first-order valence-electron chi connectivity index (χ1n) is 9.17. The van der Waals surface area contributed by atoms with Crippen LogP contribution in [-0.4, -0.2) is 47.8 Å². The molecule has 1 saturated heterocycles. The van der Waals surface area contributed by atoms with E-state index in [0.717, 1.165) is 38.0 Å². The number of rotatable bonds is 7. The number of nitroso groups, excluding NO2 is 1. The van der Waals surface area contributed by atoms with Crippen LogP contribution in [0.3, 0.4) is 0 Å². The molecule has 0 saturated carbocycles. The second-order valence-corrected chi connectivity index (χ2v) is 8.12. The van der Waals surface area contributed by atoms with E-state index >= 15 is 0 Å². The molecule has 1 heterocycles. The molecule has 1 aliphatic heterocycles. The zero-order valence-corrected chi connectivity index (χ0v) is 15.9. The lowest BCUT2D eigenvalue weighted by Crippen LogP contribution is -2.53. The number of hydrogen-bond acceptors (Lipinski definition) is 6. The Labute approximate surface area is 158 Å². The Balaban J connectivity index is 1.55. The lowest BCUT2D eigenvalue weighted by atomic mass is 10.0. The molecule has 7 heteroatoms. The molecule has 2 unspecified atom stereocenters. The van der Waals surface area contributed by atoms with Crippen LogP contribution in [0, 0.1) is 4.91 Å². The highest BCUT2D eigenvalue weighted by atomic mass is 32.2. The summed E-state index contributed by atoms with van der Waals surface area (Å²) < 4.78 is 0. The van der Waals surface area contributed by atoms with E-state index < -0.39 is 6.04 Å². The van der Waals surface area contributed by atoms with Crippen molar-refractivity contribution in [1.29, 1.82) is 0 Å². The van der Waals surface area contributed by atoms with E-state index in [1.54, 1.807) is 23.9 Å². The Morgan fingerprint density at radius 1 is 1.42 bits per heavy atom. The van der Waals surface area contributed by atoms with Gasteiger partial charge in [-0.25, -0.2) is 0 Å². The van der Waals surface area contributed by atoms with Crippen molar-refractivity contribution in [3.8, 4) is 0 Å². The van der Waals surface area contributed by atoms with E-state index in [1.165, 1.54) is 4.91 Å². The summed E-state index contributed by atoms with van der Waals surface area (Å²) in [4.78, 5) is 27.2. The van der Waals surface area contributed by atoms with Gasteiger partial charge >= 0.3 is 0 Å². The summed E-state index contributed by atoms with van der Waals surface area (Å²) in [5.41, 5.74) is 7.19. The minimum Gasteiger partial charge on any atom is -0.402 e. The van der Waals surface area contributed by atoms with E-state index in [4.69, 9.17) is 5.73 Å². The molecule has 26 heavy (non-hydrogen) atoms. The van der Waals surface area contributed by atoms with Gasteiger partial charge in [-0.15, -0.1) is 11.8 Å². The summed E-state index contributed by atoms with van der Waals surface area (Å²) in [7, 11) is 0. The zero-order valence-electron chi connectivity index (χ0n) is 15.1. The van der Waals surface area contributed by atoms with Crippen LogP contribution in [0.15, 0.2) is 51.7 Å². The van der Waals surface area contributed by atoms with E-state index in [2.05, 4.69) is 22.3 Å². The van der Waals surface area contributed by atoms with Crippen LogP contribution < -0.4 is 11.1 Å². The average Bonchev–Trinajstić information content (AvgIpc) is 2.63. The number of nitrogens with one attached hydrogen (secondary N) is 1. The molecule has 3 rings (SSSR count). The van der Waals surface area contributed by atoms with Crippen LogP contribution >= 0.6 is 11.8 Å². The molecule has 0 aromatic rings. The van der Waals surface area contributed by atoms with Crippen LogP contribution in [0.5, 0.6) is 0 Å². The number of allylic oxidation sites excluding steroid dienone is 4. The van der Waals surface area contributed by atoms with Crippen LogP contribution in [-0.2, 0) is 4.79 Å². The number of nitrogens with two attached hydrogens (primary N) is 1. The summed E-state index contributed by atoms with van der Waals surface area (Å²) >= 11 is 1.62. The van der Waals surface area contributed by atoms with Crippen molar-refractivity contribution in [2.75, 3.05) is 19.6 Å². The molecule has 3 atom stereocenters. The van der Waals surface area contributed by atoms with Crippen molar-refractivity contribution in [3.05, 3.63) is 51.5 Å². The third-order valence-electron chi connectivity index (χ3n) is 5.14. The molecule has 1 fully saturated rings. The van der Waals surface area contributed by atoms with Crippen LogP contribution in [0.25, 0.3) is 0 Å². The molecule has 0 spiro atoms. The number of carbonyl (C=O) groups is 1. The summed E-state index contributed by atoms with van der Waals surface area (Å²) in [6.07, 6.45) is 12.2. The van der Waals surface area contributed by atoms with Gasteiger partial charge in [-0.3, -0.25) is 9.69 Å². The molecule has 0 aromatic heterocycles. The van der Waals surface area contributed by atoms with Crippen molar-refractivity contribution in [1.82, 2.24) is 10.2 Å². The number of nitrogens with zero attached hydrogens (tertiary/aromatic N) is 2. The van der Waals surface area contributed by atoms with Crippen LogP contribution in [0.1, 0.15) is 26.2 Å². The quantitative estimate of drug-likeness (QED) is 0.668. The Morgan fingerprint density at radius 2 is 2.27 bits per heavy atom. The van der Waals surface area contributed by atoms with E-state index in [0.29, 0.717) is 18.2 Å². The fourth-order valence-electron chi connectivity index (χ4n) is 3.36. The van der Waals surface area contributed by atoms with E-state index in [1.807, 2.05) is 18.2 Å². The number of carbonyl (C=O) groups excluding carboxylic acids is 1. The Bertz CT molecular complexity index is 681. The average molecular weight is 375 g/mol.